The topological polar surface area (TPSA) is 34.1 Å². The molecule has 0 aliphatic heterocycles. The number of Topliss-reactive ketones (excluding diaryl/α,β-unsaturated/α-hetero) is 1. The predicted octanol–water partition coefficient (Wildman–Crippen LogP) is 1.68. The Labute approximate surface area is 71.3 Å². The van der Waals surface area contributed by atoms with E-state index in [4.69, 9.17) is 23.2 Å². The predicted molar refractivity (Wildman–Crippen MR) is 37.9 cm³/mol. The number of hydrogen-bond donors (Lipinski definition) is 0. The fraction of sp³-hybridized carbons (Fsp3) is 0. The lowest BCUT2D eigenvalue weighted by atomic mass is 10.1. The van der Waals surface area contributed by atoms with Crippen LogP contribution in [-0.4, -0.2) is 11.6 Å². The van der Waals surface area contributed by atoms with E-state index in [0.717, 1.165) is 0 Å². The zero-order valence-corrected chi connectivity index (χ0v) is 6.54. The summed E-state index contributed by atoms with van der Waals surface area (Å²) in [6.45, 7) is 0. The van der Waals surface area contributed by atoms with Crippen LogP contribution >= 0.6 is 23.2 Å². The number of halogens is 3. The van der Waals surface area contributed by atoms with Gasteiger partial charge in [-0.1, -0.05) is 23.2 Å². The average Bonchev–Trinajstić information content (AvgIpc) is 1.97. The van der Waals surface area contributed by atoms with Gasteiger partial charge in [-0.05, 0) is 0 Å². The molecule has 1 aliphatic carbocycles. The molecule has 1 aliphatic rings. The Bertz CT molecular complexity index is 304. The largest absolute Gasteiger partial charge is 0.287 e. The smallest absolute Gasteiger partial charge is 0.218 e. The second-order valence-electron chi connectivity index (χ2n) is 1.81. The summed E-state index contributed by atoms with van der Waals surface area (Å²) >= 11 is 10.3. The van der Waals surface area contributed by atoms with Crippen molar-refractivity contribution >= 4 is 34.8 Å². The summed E-state index contributed by atoms with van der Waals surface area (Å²) in [5, 5.41) is -1.11. The Kier molecular flexibility index (Phi) is 2.11. The molecule has 11 heavy (non-hydrogen) atoms. The molecule has 5 heteroatoms. The van der Waals surface area contributed by atoms with Crippen molar-refractivity contribution in [1.29, 1.82) is 0 Å². The van der Waals surface area contributed by atoms with Gasteiger partial charge in [0.25, 0.3) is 0 Å². The normalized spacial score (nSPS) is 19.0. The van der Waals surface area contributed by atoms with Crippen molar-refractivity contribution in [3.63, 3.8) is 0 Å². The second kappa shape index (κ2) is 2.75. The summed E-state index contributed by atoms with van der Waals surface area (Å²) in [5.41, 5.74) is 0. The minimum atomic E-state index is -1.25. The summed E-state index contributed by atoms with van der Waals surface area (Å²) in [4.78, 5) is 21.2. The van der Waals surface area contributed by atoms with E-state index in [1.807, 2.05) is 0 Å². The molecule has 1 rings (SSSR count). The van der Waals surface area contributed by atoms with E-state index in [-0.39, 0.29) is 5.03 Å². The number of ketones is 2. The SMILES string of the molecule is O=C1C=C(Cl)C(=O)C(Cl)=C1F. The number of carbonyl (C=O) groups excluding carboxylic acids is 2. The molecule has 0 aromatic carbocycles. The fourth-order valence-corrected chi connectivity index (χ4v) is 0.994. The average molecular weight is 195 g/mol. The van der Waals surface area contributed by atoms with Gasteiger partial charge in [-0.15, -0.1) is 0 Å². The van der Waals surface area contributed by atoms with E-state index >= 15 is 0 Å². The minimum Gasteiger partial charge on any atom is -0.287 e. The maximum atomic E-state index is 12.5. The Morgan fingerprint density at radius 3 is 2.36 bits per heavy atom. The van der Waals surface area contributed by atoms with Crippen LogP contribution in [0.15, 0.2) is 22.0 Å². The van der Waals surface area contributed by atoms with Crippen molar-refractivity contribution in [3.05, 3.63) is 22.0 Å². The van der Waals surface area contributed by atoms with Gasteiger partial charge in [0.1, 0.15) is 5.03 Å². The monoisotopic (exact) mass is 194 g/mol. The van der Waals surface area contributed by atoms with Gasteiger partial charge in [-0.2, -0.15) is 0 Å². The fourth-order valence-electron chi connectivity index (χ4n) is 0.557. The zero-order chi connectivity index (χ0) is 8.59. The summed E-state index contributed by atoms with van der Waals surface area (Å²) in [5.74, 6) is -3.08. The third kappa shape index (κ3) is 1.34. The van der Waals surface area contributed by atoms with E-state index in [1.54, 1.807) is 0 Å². The lowest BCUT2D eigenvalue weighted by molar-refractivity contribution is -0.116. The number of allylic oxidation sites excluding steroid dienone is 4. The van der Waals surface area contributed by atoms with Crippen molar-refractivity contribution in [2.75, 3.05) is 0 Å². The lowest BCUT2D eigenvalue weighted by Gasteiger charge is -2.03. The molecule has 0 fully saturated rings. The van der Waals surface area contributed by atoms with Crippen LogP contribution in [0.5, 0.6) is 0 Å². The number of carbonyl (C=O) groups is 2. The van der Waals surface area contributed by atoms with Crippen molar-refractivity contribution in [2.24, 2.45) is 0 Å². The summed E-state index contributed by atoms with van der Waals surface area (Å²) < 4.78 is 12.5. The first-order valence-corrected chi connectivity index (χ1v) is 3.31. The van der Waals surface area contributed by atoms with Crippen LogP contribution in [-0.2, 0) is 9.59 Å². The van der Waals surface area contributed by atoms with Crippen molar-refractivity contribution in [1.82, 2.24) is 0 Å². The van der Waals surface area contributed by atoms with E-state index < -0.39 is 22.4 Å². The standard InChI is InChI=1S/C6HCl2FO2/c7-2-1-3(10)5(9)4(8)6(2)11/h1H. The molecule has 0 spiro atoms. The van der Waals surface area contributed by atoms with Gasteiger partial charge in [0.05, 0.1) is 5.03 Å². The molecular formula is C6HCl2FO2. The molecule has 0 aromatic heterocycles. The van der Waals surface area contributed by atoms with Crippen LogP contribution in [0.3, 0.4) is 0 Å². The van der Waals surface area contributed by atoms with Gasteiger partial charge in [0.15, 0.2) is 5.83 Å². The van der Waals surface area contributed by atoms with E-state index in [0.29, 0.717) is 6.08 Å². The molecule has 0 atom stereocenters. The molecule has 0 saturated carbocycles. The molecule has 0 unspecified atom stereocenters. The van der Waals surface area contributed by atoms with Crippen LogP contribution < -0.4 is 0 Å². The minimum absolute atomic E-state index is 0.360. The van der Waals surface area contributed by atoms with E-state index in [9.17, 15) is 14.0 Å². The maximum absolute atomic E-state index is 12.5. The van der Waals surface area contributed by atoms with Crippen LogP contribution in [0.4, 0.5) is 4.39 Å². The van der Waals surface area contributed by atoms with Gasteiger partial charge >= 0.3 is 0 Å². The molecule has 0 N–H and O–H groups in total. The zero-order valence-electron chi connectivity index (χ0n) is 5.03. The Morgan fingerprint density at radius 1 is 1.27 bits per heavy atom. The van der Waals surface area contributed by atoms with E-state index in [1.165, 1.54) is 0 Å². The molecule has 0 bridgehead atoms. The summed E-state index contributed by atoms with van der Waals surface area (Å²) in [6, 6.07) is 0. The maximum Gasteiger partial charge on any atom is 0.218 e. The third-order valence-electron chi connectivity index (χ3n) is 1.08. The van der Waals surface area contributed by atoms with Gasteiger partial charge < -0.3 is 0 Å². The molecule has 2 nitrogen and oxygen atoms in total. The molecule has 0 heterocycles. The first-order chi connectivity index (χ1) is 5.04. The van der Waals surface area contributed by atoms with Crippen LogP contribution in [0.25, 0.3) is 0 Å². The first kappa shape index (κ1) is 8.43. The van der Waals surface area contributed by atoms with Crippen molar-refractivity contribution in [2.45, 2.75) is 0 Å². The number of rotatable bonds is 0. The molecule has 0 saturated heterocycles. The quantitative estimate of drug-likeness (QED) is 0.551. The molecule has 0 radical (unpaired) electrons. The summed E-state index contributed by atoms with van der Waals surface area (Å²) in [6.07, 6.45) is 0.700. The highest BCUT2D eigenvalue weighted by Crippen LogP contribution is 2.24. The van der Waals surface area contributed by atoms with Crippen molar-refractivity contribution < 1.29 is 14.0 Å². The van der Waals surface area contributed by atoms with Gasteiger partial charge in [-0.25, -0.2) is 4.39 Å². The van der Waals surface area contributed by atoms with Crippen LogP contribution in [0, 0.1) is 0 Å². The van der Waals surface area contributed by atoms with Crippen molar-refractivity contribution in [3.8, 4) is 0 Å². The molecule has 0 aromatic rings. The number of hydrogen-bond acceptors (Lipinski definition) is 2. The Hall–Kier alpha value is -0.670. The Morgan fingerprint density at radius 2 is 1.82 bits per heavy atom. The molecule has 0 amide bonds. The first-order valence-electron chi connectivity index (χ1n) is 2.55. The highest BCUT2D eigenvalue weighted by atomic mass is 35.5. The van der Waals surface area contributed by atoms with Gasteiger partial charge in [0.2, 0.25) is 11.6 Å². The summed E-state index contributed by atoms with van der Waals surface area (Å²) in [7, 11) is 0. The van der Waals surface area contributed by atoms with Crippen LogP contribution in [0.1, 0.15) is 0 Å². The lowest BCUT2D eigenvalue weighted by Crippen LogP contribution is -2.11. The molecular weight excluding hydrogens is 194 g/mol. The second-order valence-corrected chi connectivity index (χ2v) is 2.60. The van der Waals surface area contributed by atoms with Gasteiger partial charge in [0, 0.05) is 6.08 Å². The van der Waals surface area contributed by atoms with Crippen LogP contribution in [0.2, 0.25) is 0 Å². The molecule has 58 valence electrons. The highest BCUT2D eigenvalue weighted by Gasteiger charge is 2.26. The van der Waals surface area contributed by atoms with Gasteiger partial charge in [-0.3, -0.25) is 9.59 Å². The highest BCUT2D eigenvalue weighted by molar-refractivity contribution is 6.57. The Balaban J connectivity index is 3.19. The third-order valence-corrected chi connectivity index (χ3v) is 1.70. The van der Waals surface area contributed by atoms with E-state index in [2.05, 4.69) is 0 Å².